The summed E-state index contributed by atoms with van der Waals surface area (Å²) in [5, 5.41) is 0. The Labute approximate surface area is 133 Å². The highest BCUT2D eigenvalue weighted by molar-refractivity contribution is 7.92. The molecule has 0 aliphatic heterocycles. The summed E-state index contributed by atoms with van der Waals surface area (Å²) >= 11 is 0. The van der Waals surface area contributed by atoms with Crippen molar-refractivity contribution >= 4 is 21.6 Å². The molecule has 122 valence electrons. The molecular weight excluding hydrogens is 323 g/mol. The van der Waals surface area contributed by atoms with Crippen molar-refractivity contribution in [2.75, 3.05) is 11.8 Å². The molecule has 0 fully saturated rings. The number of aryl methyl sites for hydroxylation is 1. The Hall–Kier alpha value is -2.45. The third kappa shape index (κ3) is 4.05. The van der Waals surface area contributed by atoms with Gasteiger partial charge in [0.05, 0.1) is 12.0 Å². The van der Waals surface area contributed by atoms with Crippen molar-refractivity contribution in [1.29, 1.82) is 0 Å². The number of anilines is 1. The molecule has 1 amide bonds. The Kier molecular flexibility index (Phi) is 4.97. The monoisotopic (exact) mass is 338 g/mol. The van der Waals surface area contributed by atoms with Crippen LogP contribution in [0, 0.1) is 12.7 Å². The van der Waals surface area contributed by atoms with Crippen LogP contribution in [-0.2, 0) is 14.9 Å². The highest BCUT2D eigenvalue weighted by Crippen LogP contribution is 2.19. The number of rotatable bonds is 5. The molecule has 0 aromatic heterocycles. The molecule has 2 aromatic carbocycles. The standard InChI is InChI=1S/C15H15FN2O4S/c1-10-9-13(7-8-14(10)16)23(20,21)18-12-5-3-11(4-6-12)15(19)17-22-2/h3-9,18H,1-2H3,(H,17,19). The minimum absolute atomic E-state index is 0.0439. The minimum atomic E-state index is -3.84. The van der Waals surface area contributed by atoms with E-state index in [2.05, 4.69) is 15.0 Å². The van der Waals surface area contributed by atoms with Crippen LogP contribution in [0.5, 0.6) is 0 Å². The Balaban J connectivity index is 2.20. The van der Waals surface area contributed by atoms with Crippen LogP contribution in [0.1, 0.15) is 15.9 Å². The fourth-order valence-electron chi connectivity index (χ4n) is 1.84. The summed E-state index contributed by atoms with van der Waals surface area (Å²) in [6.45, 7) is 1.48. The van der Waals surface area contributed by atoms with Crippen LogP contribution in [0.2, 0.25) is 0 Å². The van der Waals surface area contributed by atoms with Crippen LogP contribution in [0.3, 0.4) is 0 Å². The predicted octanol–water partition coefficient (Wildman–Crippen LogP) is 2.23. The first kappa shape index (κ1) is 16.9. The van der Waals surface area contributed by atoms with Gasteiger partial charge in [-0.15, -0.1) is 0 Å². The maximum absolute atomic E-state index is 13.2. The highest BCUT2D eigenvalue weighted by Gasteiger charge is 2.15. The topological polar surface area (TPSA) is 84.5 Å². The Morgan fingerprint density at radius 3 is 2.35 bits per heavy atom. The zero-order valence-electron chi connectivity index (χ0n) is 12.5. The molecule has 8 heteroatoms. The van der Waals surface area contributed by atoms with Crippen molar-refractivity contribution in [2.24, 2.45) is 0 Å². The number of carbonyl (C=O) groups excluding carboxylic acids is 1. The number of sulfonamides is 1. The van der Waals surface area contributed by atoms with Crippen molar-refractivity contribution in [3.63, 3.8) is 0 Å². The molecule has 0 heterocycles. The molecule has 0 aliphatic carbocycles. The van der Waals surface area contributed by atoms with E-state index < -0.39 is 21.7 Å². The maximum atomic E-state index is 13.2. The van der Waals surface area contributed by atoms with E-state index in [1.54, 1.807) is 0 Å². The van der Waals surface area contributed by atoms with Gasteiger partial charge in [-0.25, -0.2) is 18.3 Å². The molecule has 0 aliphatic rings. The van der Waals surface area contributed by atoms with Crippen molar-refractivity contribution < 1.29 is 22.4 Å². The van der Waals surface area contributed by atoms with E-state index in [0.29, 0.717) is 5.56 Å². The van der Waals surface area contributed by atoms with E-state index >= 15 is 0 Å². The fraction of sp³-hybridized carbons (Fsp3) is 0.133. The first-order valence-electron chi connectivity index (χ1n) is 6.56. The molecule has 2 rings (SSSR count). The molecule has 0 atom stereocenters. The molecule has 2 aromatic rings. The predicted molar refractivity (Wildman–Crippen MR) is 82.9 cm³/mol. The molecule has 23 heavy (non-hydrogen) atoms. The van der Waals surface area contributed by atoms with Crippen molar-refractivity contribution in [3.8, 4) is 0 Å². The van der Waals surface area contributed by atoms with Gasteiger partial charge in [-0.1, -0.05) is 0 Å². The second kappa shape index (κ2) is 6.76. The lowest BCUT2D eigenvalue weighted by atomic mass is 10.2. The van der Waals surface area contributed by atoms with Gasteiger partial charge >= 0.3 is 0 Å². The number of benzene rings is 2. The van der Waals surface area contributed by atoms with E-state index in [1.807, 2.05) is 0 Å². The van der Waals surface area contributed by atoms with E-state index in [4.69, 9.17) is 0 Å². The second-order valence-corrected chi connectivity index (χ2v) is 6.41. The molecule has 6 nitrogen and oxygen atoms in total. The third-order valence-corrected chi connectivity index (χ3v) is 4.41. The summed E-state index contributed by atoms with van der Waals surface area (Å²) in [6.07, 6.45) is 0. The van der Waals surface area contributed by atoms with Gasteiger partial charge in [0.15, 0.2) is 0 Å². The second-order valence-electron chi connectivity index (χ2n) is 4.73. The van der Waals surface area contributed by atoms with Gasteiger partial charge in [-0.3, -0.25) is 14.4 Å². The Morgan fingerprint density at radius 2 is 1.78 bits per heavy atom. The van der Waals surface area contributed by atoms with Gasteiger partial charge in [0, 0.05) is 11.3 Å². The summed E-state index contributed by atoms with van der Waals surface area (Å²) in [4.78, 5) is 16.0. The minimum Gasteiger partial charge on any atom is -0.280 e. The fourth-order valence-corrected chi connectivity index (χ4v) is 2.98. The lowest BCUT2D eigenvalue weighted by Gasteiger charge is -2.09. The van der Waals surface area contributed by atoms with E-state index in [0.717, 1.165) is 6.07 Å². The lowest BCUT2D eigenvalue weighted by molar-refractivity contribution is 0.0537. The number of halogens is 1. The third-order valence-electron chi connectivity index (χ3n) is 3.03. The van der Waals surface area contributed by atoms with Crippen LogP contribution in [0.15, 0.2) is 47.4 Å². The summed E-state index contributed by atoms with van der Waals surface area (Å²) in [6, 6.07) is 9.31. The molecule has 2 N–H and O–H groups in total. The first-order valence-corrected chi connectivity index (χ1v) is 8.04. The van der Waals surface area contributed by atoms with Crippen molar-refractivity contribution in [3.05, 3.63) is 59.4 Å². The van der Waals surface area contributed by atoms with Crippen molar-refractivity contribution in [2.45, 2.75) is 11.8 Å². The van der Waals surface area contributed by atoms with E-state index in [-0.39, 0.29) is 16.1 Å². The zero-order valence-corrected chi connectivity index (χ0v) is 13.3. The summed E-state index contributed by atoms with van der Waals surface area (Å²) in [5.74, 6) is -0.923. The van der Waals surface area contributed by atoms with Crippen molar-refractivity contribution in [1.82, 2.24) is 5.48 Å². The number of hydroxylamine groups is 1. The summed E-state index contributed by atoms with van der Waals surface area (Å²) in [5.41, 5.74) is 2.98. The molecule has 0 saturated heterocycles. The average Bonchev–Trinajstić information content (AvgIpc) is 2.50. The molecule has 0 spiro atoms. The van der Waals surface area contributed by atoms with Gasteiger partial charge in [0.2, 0.25) is 0 Å². The van der Waals surface area contributed by atoms with Crippen LogP contribution < -0.4 is 10.2 Å². The molecule has 0 unspecified atom stereocenters. The van der Waals surface area contributed by atoms with E-state index in [9.17, 15) is 17.6 Å². The van der Waals surface area contributed by atoms with Gasteiger partial charge < -0.3 is 0 Å². The van der Waals surface area contributed by atoms with Gasteiger partial charge in [-0.2, -0.15) is 0 Å². The number of hydrogen-bond donors (Lipinski definition) is 2. The normalized spacial score (nSPS) is 11.1. The smallest absolute Gasteiger partial charge is 0.274 e. The summed E-state index contributed by atoms with van der Waals surface area (Å²) in [7, 11) is -2.53. The van der Waals surface area contributed by atoms with Gasteiger partial charge in [0.25, 0.3) is 15.9 Å². The Bertz CT molecular complexity index is 820. The number of hydrogen-bond acceptors (Lipinski definition) is 4. The molecule has 0 bridgehead atoms. The molecular formula is C15H15FN2O4S. The highest BCUT2D eigenvalue weighted by atomic mass is 32.2. The zero-order chi connectivity index (χ0) is 17.0. The number of nitrogens with one attached hydrogen (secondary N) is 2. The number of carbonyl (C=O) groups is 1. The largest absolute Gasteiger partial charge is 0.280 e. The van der Waals surface area contributed by atoms with Crippen LogP contribution in [0.25, 0.3) is 0 Å². The first-order chi connectivity index (χ1) is 10.8. The quantitative estimate of drug-likeness (QED) is 0.819. The van der Waals surface area contributed by atoms with Gasteiger partial charge in [-0.05, 0) is 55.0 Å². The van der Waals surface area contributed by atoms with Crippen LogP contribution in [0.4, 0.5) is 10.1 Å². The molecule has 0 saturated carbocycles. The van der Waals surface area contributed by atoms with Crippen LogP contribution >= 0.6 is 0 Å². The average molecular weight is 338 g/mol. The van der Waals surface area contributed by atoms with E-state index in [1.165, 1.54) is 50.4 Å². The lowest BCUT2D eigenvalue weighted by Crippen LogP contribution is -2.21. The van der Waals surface area contributed by atoms with Crippen LogP contribution in [-0.4, -0.2) is 21.4 Å². The number of amides is 1. The SMILES string of the molecule is CONC(=O)c1ccc(NS(=O)(=O)c2ccc(F)c(C)c2)cc1. The van der Waals surface area contributed by atoms with Gasteiger partial charge in [0.1, 0.15) is 5.82 Å². The molecule has 0 radical (unpaired) electrons. The maximum Gasteiger partial charge on any atom is 0.274 e. The summed E-state index contributed by atoms with van der Waals surface area (Å²) < 4.78 is 40.1. The Morgan fingerprint density at radius 1 is 1.13 bits per heavy atom.